The van der Waals surface area contributed by atoms with Gasteiger partial charge in [-0.05, 0) is 42.0 Å². The number of carbonyl (C=O) groups is 3. The molecule has 1 fully saturated rings. The Morgan fingerprint density at radius 2 is 1.33 bits per heavy atom. The molecule has 2 aromatic rings. The second-order valence-electron chi connectivity index (χ2n) is 6.36. The first-order chi connectivity index (χ1) is 12.9. The number of aromatic carboxylic acids is 1. The zero-order chi connectivity index (χ0) is 19.4. The van der Waals surface area contributed by atoms with Crippen molar-refractivity contribution in [2.75, 3.05) is 26.2 Å². The molecule has 1 aliphatic rings. The van der Waals surface area contributed by atoms with E-state index in [4.69, 9.17) is 16.7 Å². The summed E-state index contributed by atoms with van der Waals surface area (Å²) in [7, 11) is 0. The fourth-order valence-electron chi connectivity index (χ4n) is 2.99. The maximum atomic E-state index is 12.5. The third kappa shape index (κ3) is 4.65. The van der Waals surface area contributed by atoms with Gasteiger partial charge in [0, 0.05) is 36.8 Å². The number of piperazine rings is 1. The van der Waals surface area contributed by atoms with Gasteiger partial charge < -0.3 is 14.9 Å². The van der Waals surface area contributed by atoms with Gasteiger partial charge in [-0.3, -0.25) is 9.59 Å². The topological polar surface area (TPSA) is 77.9 Å². The van der Waals surface area contributed by atoms with Gasteiger partial charge in [-0.1, -0.05) is 23.7 Å². The van der Waals surface area contributed by atoms with E-state index in [1.807, 2.05) is 12.1 Å². The number of rotatable bonds is 4. The van der Waals surface area contributed by atoms with Gasteiger partial charge in [-0.2, -0.15) is 0 Å². The number of carboxylic acids is 1. The van der Waals surface area contributed by atoms with Crippen molar-refractivity contribution in [3.8, 4) is 0 Å². The van der Waals surface area contributed by atoms with E-state index >= 15 is 0 Å². The standard InChI is InChI=1S/C20H19ClN2O4/c21-17-7-1-14(2-8-17)13-18(24)22-9-11-23(12-10-22)19(25)15-3-5-16(6-4-15)20(26)27/h1-8H,9-13H2,(H,26,27). The van der Waals surface area contributed by atoms with Gasteiger partial charge in [0.25, 0.3) is 5.91 Å². The van der Waals surface area contributed by atoms with Crippen LogP contribution in [0.25, 0.3) is 0 Å². The maximum Gasteiger partial charge on any atom is 0.335 e. The van der Waals surface area contributed by atoms with Crippen LogP contribution in [0.2, 0.25) is 5.02 Å². The highest BCUT2D eigenvalue weighted by Gasteiger charge is 2.25. The van der Waals surface area contributed by atoms with E-state index in [9.17, 15) is 14.4 Å². The normalized spacial score (nSPS) is 14.1. The van der Waals surface area contributed by atoms with Crippen LogP contribution >= 0.6 is 11.6 Å². The quantitative estimate of drug-likeness (QED) is 0.876. The van der Waals surface area contributed by atoms with E-state index in [1.54, 1.807) is 21.9 Å². The van der Waals surface area contributed by atoms with Gasteiger partial charge in [0.05, 0.1) is 12.0 Å². The van der Waals surface area contributed by atoms with Crippen molar-refractivity contribution >= 4 is 29.4 Å². The minimum Gasteiger partial charge on any atom is -0.478 e. The summed E-state index contributed by atoms with van der Waals surface area (Å²) in [6.07, 6.45) is 0.307. The summed E-state index contributed by atoms with van der Waals surface area (Å²) in [4.78, 5) is 39.3. The summed E-state index contributed by atoms with van der Waals surface area (Å²) in [6, 6.07) is 13.1. The first-order valence-electron chi connectivity index (χ1n) is 8.59. The lowest BCUT2D eigenvalue weighted by Crippen LogP contribution is -2.51. The second-order valence-corrected chi connectivity index (χ2v) is 6.80. The van der Waals surface area contributed by atoms with Crippen LogP contribution < -0.4 is 0 Å². The number of amides is 2. The molecule has 1 N–H and O–H groups in total. The van der Waals surface area contributed by atoms with E-state index in [-0.39, 0.29) is 17.4 Å². The van der Waals surface area contributed by atoms with Crippen LogP contribution in [-0.2, 0) is 11.2 Å². The lowest BCUT2D eigenvalue weighted by atomic mass is 10.1. The summed E-state index contributed by atoms with van der Waals surface area (Å²) < 4.78 is 0. The smallest absolute Gasteiger partial charge is 0.335 e. The van der Waals surface area contributed by atoms with Crippen LogP contribution in [0.15, 0.2) is 48.5 Å². The third-order valence-electron chi connectivity index (χ3n) is 4.57. The molecule has 7 heteroatoms. The lowest BCUT2D eigenvalue weighted by molar-refractivity contribution is -0.131. The van der Waals surface area contributed by atoms with E-state index in [0.29, 0.717) is 43.2 Å². The Morgan fingerprint density at radius 3 is 1.89 bits per heavy atom. The molecule has 2 amide bonds. The monoisotopic (exact) mass is 386 g/mol. The van der Waals surface area contributed by atoms with Crippen molar-refractivity contribution in [1.82, 2.24) is 9.80 Å². The van der Waals surface area contributed by atoms with E-state index < -0.39 is 5.97 Å². The Balaban J connectivity index is 1.54. The van der Waals surface area contributed by atoms with Crippen LogP contribution in [0.3, 0.4) is 0 Å². The number of carboxylic acid groups (broad SMARTS) is 1. The van der Waals surface area contributed by atoms with Crippen LogP contribution in [0, 0.1) is 0 Å². The highest BCUT2D eigenvalue weighted by atomic mass is 35.5. The Morgan fingerprint density at radius 1 is 0.815 bits per heavy atom. The molecule has 1 heterocycles. The van der Waals surface area contributed by atoms with Crippen molar-refractivity contribution in [2.45, 2.75) is 6.42 Å². The largest absolute Gasteiger partial charge is 0.478 e. The number of carbonyl (C=O) groups excluding carboxylic acids is 2. The third-order valence-corrected chi connectivity index (χ3v) is 4.82. The van der Waals surface area contributed by atoms with Gasteiger partial charge in [-0.15, -0.1) is 0 Å². The average Bonchev–Trinajstić information content (AvgIpc) is 2.69. The zero-order valence-corrected chi connectivity index (χ0v) is 15.4. The Kier molecular flexibility index (Phi) is 5.76. The molecule has 0 spiro atoms. The lowest BCUT2D eigenvalue weighted by Gasteiger charge is -2.35. The fraction of sp³-hybridized carbons (Fsp3) is 0.250. The number of hydrogen-bond donors (Lipinski definition) is 1. The van der Waals surface area contributed by atoms with E-state index in [0.717, 1.165) is 5.56 Å². The molecule has 2 aromatic carbocycles. The predicted molar refractivity (Wildman–Crippen MR) is 101 cm³/mol. The molecule has 3 rings (SSSR count). The molecule has 1 saturated heterocycles. The average molecular weight is 387 g/mol. The molecule has 0 atom stereocenters. The molecule has 6 nitrogen and oxygen atoms in total. The molecule has 0 bridgehead atoms. The van der Waals surface area contributed by atoms with Gasteiger partial charge >= 0.3 is 5.97 Å². The molecule has 140 valence electrons. The van der Waals surface area contributed by atoms with Gasteiger partial charge in [0.2, 0.25) is 5.91 Å². The number of hydrogen-bond acceptors (Lipinski definition) is 3. The molecule has 1 aliphatic heterocycles. The molecular weight excluding hydrogens is 368 g/mol. The molecular formula is C20H19ClN2O4. The minimum atomic E-state index is -1.03. The number of nitrogens with zero attached hydrogens (tertiary/aromatic N) is 2. The fourth-order valence-corrected chi connectivity index (χ4v) is 3.11. The second kappa shape index (κ2) is 8.22. The Bertz CT molecular complexity index is 841. The van der Waals surface area contributed by atoms with E-state index in [2.05, 4.69) is 0 Å². The summed E-state index contributed by atoms with van der Waals surface area (Å²) in [5, 5.41) is 9.56. The SMILES string of the molecule is O=C(O)c1ccc(C(=O)N2CCN(C(=O)Cc3ccc(Cl)cc3)CC2)cc1. The Labute approximate surface area is 162 Å². The summed E-state index contributed by atoms with van der Waals surface area (Å²) >= 11 is 5.86. The van der Waals surface area contributed by atoms with Gasteiger partial charge in [0.1, 0.15) is 0 Å². The van der Waals surface area contributed by atoms with Crippen molar-refractivity contribution in [1.29, 1.82) is 0 Å². The van der Waals surface area contributed by atoms with Crippen molar-refractivity contribution in [3.63, 3.8) is 0 Å². The van der Waals surface area contributed by atoms with Crippen LogP contribution in [-0.4, -0.2) is 58.9 Å². The number of benzene rings is 2. The molecule has 0 radical (unpaired) electrons. The summed E-state index contributed by atoms with van der Waals surface area (Å²) in [5.41, 5.74) is 1.49. The minimum absolute atomic E-state index is 0.0234. The van der Waals surface area contributed by atoms with Crippen molar-refractivity contribution in [2.24, 2.45) is 0 Å². The molecule has 0 saturated carbocycles. The van der Waals surface area contributed by atoms with E-state index in [1.165, 1.54) is 24.3 Å². The predicted octanol–water partition coefficient (Wildman–Crippen LogP) is 2.57. The van der Waals surface area contributed by atoms with Crippen LogP contribution in [0.4, 0.5) is 0 Å². The summed E-state index contributed by atoms with van der Waals surface area (Å²) in [6.45, 7) is 1.86. The number of halogens is 1. The van der Waals surface area contributed by atoms with Gasteiger partial charge in [0.15, 0.2) is 0 Å². The maximum absolute atomic E-state index is 12.5. The highest BCUT2D eigenvalue weighted by Crippen LogP contribution is 2.13. The first kappa shape index (κ1) is 18.9. The highest BCUT2D eigenvalue weighted by molar-refractivity contribution is 6.30. The van der Waals surface area contributed by atoms with Gasteiger partial charge in [-0.25, -0.2) is 4.79 Å². The molecule has 27 heavy (non-hydrogen) atoms. The molecule has 0 unspecified atom stereocenters. The van der Waals surface area contributed by atoms with Crippen LogP contribution in [0.5, 0.6) is 0 Å². The molecule has 0 aromatic heterocycles. The van der Waals surface area contributed by atoms with Crippen molar-refractivity contribution < 1.29 is 19.5 Å². The molecule has 0 aliphatic carbocycles. The zero-order valence-electron chi connectivity index (χ0n) is 14.6. The van der Waals surface area contributed by atoms with Crippen LogP contribution in [0.1, 0.15) is 26.3 Å². The Hall–Kier alpha value is -2.86. The van der Waals surface area contributed by atoms with Crippen molar-refractivity contribution in [3.05, 3.63) is 70.2 Å². The summed E-state index contributed by atoms with van der Waals surface area (Å²) in [5.74, 6) is -1.16. The first-order valence-corrected chi connectivity index (χ1v) is 8.96.